The lowest BCUT2D eigenvalue weighted by Gasteiger charge is -2.16. The molecule has 0 saturated carbocycles. The van der Waals surface area contributed by atoms with Gasteiger partial charge in [-0.1, -0.05) is 23.7 Å². The maximum atomic E-state index is 6.03. The maximum absolute atomic E-state index is 6.03. The Morgan fingerprint density at radius 1 is 1.44 bits per heavy atom. The van der Waals surface area contributed by atoms with E-state index in [1.807, 2.05) is 36.1 Å². The highest BCUT2D eigenvalue weighted by Gasteiger charge is 2.11. The van der Waals surface area contributed by atoms with Crippen LogP contribution in [-0.4, -0.2) is 16.8 Å². The molecule has 0 bridgehead atoms. The van der Waals surface area contributed by atoms with E-state index in [0.717, 1.165) is 18.0 Å². The summed E-state index contributed by atoms with van der Waals surface area (Å²) >= 11 is 6.03. The summed E-state index contributed by atoms with van der Waals surface area (Å²) in [6, 6.07) is 8.24. The standard InChI is InChI=1S/C14H18ClN3/c1-3-18-10-11(9-17-18)7-14(16-2)12-5-4-6-13(15)8-12/h4-6,8-10,14,16H,3,7H2,1-2H3. The van der Waals surface area contributed by atoms with E-state index in [2.05, 4.69) is 29.6 Å². The van der Waals surface area contributed by atoms with Crippen molar-refractivity contribution in [1.29, 1.82) is 0 Å². The predicted molar refractivity (Wildman–Crippen MR) is 74.9 cm³/mol. The molecule has 0 spiro atoms. The minimum absolute atomic E-state index is 0.262. The summed E-state index contributed by atoms with van der Waals surface area (Å²) < 4.78 is 1.94. The monoisotopic (exact) mass is 263 g/mol. The predicted octanol–water partition coefficient (Wildman–Crippen LogP) is 3.06. The van der Waals surface area contributed by atoms with Crippen molar-refractivity contribution in [3.63, 3.8) is 0 Å². The molecule has 0 aliphatic heterocycles. The van der Waals surface area contributed by atoms with Crippen LogP contribution < -0.4 is 5.32 Å². The number of rotatable bonds is 5. The van der Waals surface area contributed by atoms with Gasteiger partial charge in [0.15, 0.2) is 0 Å². The number of halogens is 1. The molecule has 1 atom stereocenters. The summed E-state index contributed by atoms with van der Waals surface area (Å²) in [4.78, 5) is 0. The molecule has 0 fully saturated rings. The van der Waals surface area contributed by atoms with Gasteiger partial charge >= 0.3 is 0 Å². The Labute approximate surface area is 113 Å². The van der Waals surface area contributed by atoms with Crippen LogP contribution in [0.15, 0.2) is 36.7 Å². The van der Waals surface area contributed by atoms with Crippen LogP contribution in [-0.2, 0) is 13.0 Å². The minimum Gasteiger partial charge on any atom is -0.313 e. The van der Waals surface area contributed by atoms with Crippen molar-refractivity contribution in [2.75, 3.05) is 7.05 Å². The number of nitrogens with one attached hydrogen (secondary N) is 1. The zero-order valence-corrected chi connectivity index (χ0v) is 11.5. The van der Waals surface area contributed by atoms with Crippen LogP contribution >= 0.6 is 11.6 Å². The molecule has 0 amide bonds. The summed E-state index contributed by atoms with van der Waals surface area (Å²) in [5.74, 6) is 0. The number of benzene rings is 1. The zero-order valence-electron chi connectivity index (χ0n) is 10.7. The largest absolute Gasteiger partial charge is 0.313 e. The SMILES string of the molecule is CCn1cc(CC(NC)c2cccc(Cl)c2)cn1. The van der Waals surface area contributed by atoms with E-state index in [9.17, 15) is 0 Å². The quantitative estimate of drug-likeness (QED) is 0.899. The number of hydrogen-bond acceptors (Lipinski definition) is 2. The van der Waals surface area contributed by atoms with Gasteiger partial charge in [0.25, 0.3) is 0 Å². The van der Waals surface area contributed by atoms with Gasteiger partial charge in [-0.15, -0.1) is 0 Å². The third-order valence-electron chi connectivity index (χ3n) is 3.05. The Morgan fingerprint density at radius 2 is 2.28 bits per heavy atom. The molecule has 4 heteroatoms. The fourth-order valence-electron chi connectivity index (χ4n) is 2.03. The summed E-state index contributed by atoms with van der Waals surface area (Å²) in [5.41, 5.74) is 2.44. The Hall–Kier alpha value is -1.32. The van der Waals surface area contributed by atoms with Crippen molar-refractivity contribution in [2.24, 2.45) is 0 Å². The Balaban J connectivity index is 2.14. The normalized spacial score (nSPS) is 12.6. The first-order valence-corrected chi connectivity index (χ1v) is 6.54. The molecule has 2 rings (SSSR count). The molecular weight excluding hydrogens is 246 g/mol. The smallest absolute Gasteiger partial charge is 0.0522 e. The highest BCUT2D eigenvalue weighted by Crippen LogP contribution is 2.21. The van der Waals surface area contributed by atoms with Crippen LogP contribution in [0.1, 0.15) is 24.1 Å². The molecule has 0 radical (unpaired) electrons. The van der Waals surface area contributed by atoms with E-state index in [1.54, 1.807) is 0 Å². The highest BCUT2D eigenvalue weighted by atomic mass is 35.5. The number of nitrogens with zero attached hydrogens (tertiary/aromatic N) is 2. The minimum atomic E-state index is 0.262. The fourth-order valence-corrected chi connectivity index (χ4v) is 2.23. The van der Waals surface area contributed by atoms with Crippen molar-refractivity contribution in [3.8, 4) is 0 Å². The first-order chi connectivity index (χ1) is 8.72. The number of aryl methyl sites for hydroxylation is 1. The Kier molecular flexibility index (Phi) is 4.39. The van der Waals surface area contributed by atoms with Gasteiger partial charge in [0.05, 0.1) is 6.20 Å². The summed E-state index contributed by atoms with van der Waals surface area (Å²) in [6.45, 7) is 2.99. The van der Waals surface area contributed by atoms with Gasteiger partial charge in [0.2, 0.25) is 0 Å². The van der Waals surface area contributed by atoms with Gasteiger partial charge in [-0.3, -0.25) is 4.68 Å². The van der Waals surface area contributed by atoms with Gasteiger partial charge < -0.3 is 5.32 Å². The third kappa shape index (κ3) is 3.12. The molecule has 0 saturated heterocycles. The van der Waals surface area contributed by atoms with Crippen molar-refractivity contribution in [1.82, 2.24) is 15.1 Å². The lowest BCUT2D eigenvalue weighted by Crippen LogP contribution is -2.18. The van der Waals surface area contributed by atoms with E-state index in [1.165, 1.54) is 11.1 Å². The summed E-state index contributed by atoms with van der Waals surface area (Å²) in [6.07, 6.45) is 4.93. The van der Waals surface area contributed by atoms with Gasteiger partial charge in [-0.05, 0) is 43.7 Å². The van der Waals surface area contributed by atoms with Crippen molar-refractivity contribution < 1.29 is 0 Å². The molecule has 0 aliphatic carbocycles. The van der Waals surface area contributed by atoms with Crippen LogP contribution in [0, 0.1) is 0 Å². The average Bonchev–Trinajstić information content (AvgIpc) is 2.83. The third-order valence-corrected chi connectivity index (χ3v) is 3.29. The number of hydrogen-bond donors (Lipinski definition) is 1. The molecule has 3 nitrogen and oxygen atoms in total. The molecular formula is C14H18ClN3. The molecule has 18 heavy (non-hydrogen) atoms. The maximum Gasteiger partial charge on any atom is 0.0522 e. The summed E-state index contributed by atoms with van der Waals surface area (Å²) in [7, 11) is 1.97. The highest BCUT2D eigenvalue weighted by molar-refractivity contribution is 6.30. The van der Waals surface area contributed by atoms with Gasteiger partial charge in [-0.2, -0.15) is 5.10 Å². The van der Waals surface area contributed by atoms with Crippen LogP contribution in [0.4, 0.5) is 0 Å². The van der Waals surface area contributed by atoms with E-state index in [-0.39, 0.29) is 6.04 Å². The molecule has 1 N–H and O–H groups in total. The lowest BCUT2D eigenvalue weighted by atomic mass is 10.0. The first-order valence-electron chi connectivity index (χ1n) is 6.17. The van der Waals surface area contributed by atoms with Gasteiger partial charge in [0, 0.05) is 23.8 Å². The topological polar surface area (TPSA) is 29.9 Å². The fraction of sp³-hybridized carbons (Fsp3) is 0.357. The second-order valence-corrected chi connectivity index (χ2v) is 4.74. The van der Waals surface area contributed by atoms with Gasteiger partial charge in [-0.25, -0.2) is 0 Å². The van der Waals surface area contributed by atoms with Crippen molar-refractivity contribution in [3.05, 3.63) is 52.8 Å². The molecule has 2 aromatic rings. The van der Waals surface area contributed by atoms with Crippen LogP contribution in [0.2, 0.25) is 5.02 Å². The molecule has 1 unspecified atom stereocenters. The van der Waals surface area contributed by atoms with E-state index < -0.39 is 0 Å². The van der Waals surface area contributed by atoms with E-state index >= 15 is 0 Å². The van der Waals surface area contributed by atoms with Crippen molar-refractivity contribution in [2.45, 2.75) is 25.9 Å². The first kappa shape index (κ1) is 13.1. The van der Waals surface area contributed by atoms with Crippen LogP contribution in [0.25, 0.3) is 0 Å². The van der Waals surface area contributed by atoms with Crippen LogP contribution in [0.3, 0.4) is 0 Å². The molecule has 0 aliphatic rings. The average molecular weight is 264 g/mol. The van der Waals surface area contributed by atoms with Crippen molar-refractivity contribution >= 4 is 11.6 Å². The summed E-state index contributed by atoms with van der Waals surface area (Å²) in [5, 5.41) is 8.40. The molecule has 96 valence electrons. The molecule has 1 heterocycles. The second-order valence-electron chi connectivity index (χ2n) is 4.30. The Bertz CT molecular complexity index is 507. The molecule has 1 aromatic carbocycles. The second kappa shape index (κ2) is 6.03. The molecule has 1 aromatic heterocycles. The Morgan fingerprint density at radius 3 is 2.89 bits per heavy atom. The lowest BCUT2D eigenvalue weighted by molar-refractivity contribution is 0.591. The van der Waals surface area contributed by atoms with Gasteiger partial charge in [0.1, 0.15) is 0 Å². The van der Waals surface area contributed by atoms with E-state index in [4.69, 9.17) is 11.6 Å². The van der Waals surface area contributed by atoms with E-state index in [0.29, 0.717) is 0 Å². The number of aromatic nitrogens is 2. The zero-order chi connectivity index (χ0) is 13.0. The van der Waals surface area contributed by atoms with Crippen LogP contribution in [0.5, 0.6) is 0 Å². The number of likely N-dealkylation sites (N-methyl/N-ethyl adjacent to an activating group) is 1.